The van der Waals surface area contributed by atoms with Crippen molar-refractivity contribution in [3.05, 3.63) is 35.4 Å². The molecule has 1 aromatic carbocycles. The molecule has 1 fully saturated rings. The molecule has 15 heavy (non-hydrogen) atoms. The maximum absolute atomic E-state index is 3.66. The van der Waals surface area contributed by atoms with Crippen LogP contribution in [0.25, 0.3) is 0 Å². The number of halogens is 1. The van der Waals surface area contributed by atoms with Gasteiger partial charge in [-0.05, 0) is 49.3 Å². The molecule has 2 aliphatic rings. The van der Waals surface area contributed by atoms with Gasteiger partial charge in [0.1, 0.15) is 0 Å². The van der Waals surface area contributed by atoms with E-state index in [1.54, 1.807) is 11.1 Å². The summed E-state index contributed by atoms with van der Waals surface area (Å²) in [6.07, 6.45) is 5.34. The molecule has 1 heterocycles. The SMILES string of the molecule is Br.c1ccc2c(c1)CC1CCCNC1C2. The molecule has 1 aliphatic carbocycles. The summed E-state index contributed by atoms with van der Waals surface area (Å²) in [7, 11) is 0. The van der Waals surface area contributed by atoms with Crippen molar-refractivity contribution < 1.29 is 0 Å². The lowest BCUT2D eigenvalue weighted by atomic mass is 9.76. The molecule has 0 bridgehead atoms. The Morgan fingerprint density at radius 3 is 2.60 bits per heavy atom. The molecule has 1 aromatic rings. The highest BCUT2D eigenvalue weighted by molar-refractivity contribution is 8.93. The van der Waals surface area contributed by atoms with Gasteiger partial charge in [-0.15, -0.1) is 17.0 Å². The third-order valence-electron chi connectivity index (χ3n) is 3.77. The van der Waals surface area contributed by atoms with Gasteiger partial charge in [0.05, 0.1) is 0 Å². The summed E-state index contributed by atoms with van der Waals surface area (Å²) in [5.74, 6) is 0.902. The first-order chi connectivity index (χ1) is 6.93. The van der Waals surface area contributed by atoms with E-state index in [9.17, 15) is 0 Å². The standard InChI is InChI=1S/C13H17N.BrH/c1-2-5-11-9-13-12(6-3-7-14-13)8-10(11)4-1;/h1-2,4-5,12-14H,3,6-9H2;1H. The second kappa shape index (κ2) is 4.67. The van der Waals surface area contributed by atoms with Crippen LogP contribution in [0.2, 0.25) is 0 Å². The van der Waals surface area contributed by atoms with Crippen molar-refractivity contribution in [2.24, 2.45) is 5.92 Å². The van der Waals surface area contributed by atoms with Gasteiger partial charge in [-0.3, -0.25) is 0 Å². The fourth-order valence-electron chi connectivity index (χ4n) is 2.98. The zero-order valence-corrected chi connectivity index (χ0v) is 10.6. The van der Waals surface area contributed by atoms with Crippen molar-refractivity contribution in [1.82, 2.24) is 5.32 Å². The van der Waals surface area contributed by atoms with Crippen molar-refractivity contribution in [2.45, 2.75) is 31.7 Å². The second-order valence-electron chi connectivity index (χ2n) is 4.64. The van der Waals surface area contributed by atoms with Crippen LogP contribution in [-0.4, -0.2) is 12.6 Å². The molecule has 2 heteroatoms. The average Bonchev–Trinajstić information content (AvgIpc) is 2.26. The minimum atomic E-state index is 0. The highest BCUT2D eigenvalue weighted by atomic mass is 79.9. The van der Waals surface area contributed by atoms with Crippen LogP contribution in [0.4, 0.5) is 0 Å². The van der Waals surface area contributed by atoms with Crippen LogP contribution in [0.3, 0.4) is 0 Å². The topological polar surface area (TPSA) is 12.0 Å². The molecule has 3 rings (SSSR count). The van der Waals surface area contributed by atoms with Crippen molar-refractivity contribution in [1.29, 1.82) is 0 Å². The van der Waals surface area contributed by atoms with Gasteiger partial charge in [0.2, 0.25) is 0 Å². The zero-order chi connectivity index (χ0) is 9.38. The molecular weight excluding hydrogens is 250 g/mol. The van der Waals surface area contributed by atoms with E-state index in [4.69, 9.17) is 0 Å². The van der Waals surface area contributed by atoms with Crippen molar-refractivity contribution in [3.8, 4) is 0 Å². The number of hydrogen-bond donors (Lipinski definition) is 1. The minimum Gasteiger partial charge on any atom is -0.313 e. The van der Waals surface area contributed by atoms with Crippen LogP contribution < -0.4 is 5.32 Å². The molecule has 0 aromatic heterocycles. The quantitative estimate of drug-likeness (QED) is 0.763. The van der Waals surface area contributed by atoms with Crippen molar-refractivity contribution in [3.63, 3.8) is 0 Å². The van der Waals surface area contributed by atoms with Crippen LogP contribution in [-0.2, 0) is 12.8 Å². The number of benzene rings is 1. The van der Waals surface area contributed by atoms with Crippen molar-refractivity contribution in [2.75, 3.05) is 6.54 Å². The van der Waals surface area contributed by atoms with E-state index in [0.29, 0.717) is 0 Å². The number of hydrogen-bond acceptors (Lipinski definition) is 1. The van der Waals surface area contributed by atoms with Gasteiger partial charge in [0.25, 0.3) is 0 Å². The molecule has 1 saturated heterocycles. The van der Waals surface area contributed by atoms with E-state index in [0.717, 1.165) is 12.0 Å². The number of piperidine rings is 1. The Bertz CT molecular complexity index is 304. The molecule has 1 N–H and O–H groups in total. The number of fused-ring (bicyclic) bond motifs is 2. The first-order valence-electron chi connectivity index (χ1n) is 5.73. The second-order valence-corrected chi connectivity index (χ2v) is 4.64. The largest absolute Gasteiger partial charge is 0.313 e. The maximum Gasteiger partial charge on any atom is 0.0139 e. The predicted molar refractivity (Wildman–Crippen MR) is 68.7 cm³/mol. The lowest BCUT2D eigenvalue weighted by molar-refractivity contribution is 0.263. The van der Waals surface area contributed by atoms with Crippen LogP contribution in [0.15, 0.2) is 24.3 Å². The van der Waals surface area contributed by atoms with Gasteiger partial charge in [-0.25, -0.2) is 0 Å². The first kappa shape index (κ1) is 11.2. The van der Waals surface area contributed by atoms with Crippen LogP contribution in [0.5, 0.6) is 0 Å². The number of rotatable bonds is 0. The molecule has 1 aliphatic heterocycles. The van der Waals surface area contributed by atoms with E-state index in [-0.39, 0.29) is 17.0 Å². The van der Waals surface area contributed by atoms with Crippen LogP contribution >= 0.6 is 17.0 Å². The van der Waals surface area contributed by atoms with E-state index >= 15 is 0 Å². The third kappa shape index (κ3) is 2.11. The Balaban J connectivity index is 0.000000853. The summed E-state index contributed by atoms with van der Waals surface area (Å²) in [5.41, 5.74) is 3.17. The Morgan fingerprint density at radius 1 is 1.07 bits per heavy atom. The highest BCUT2D eigenvalue weighted by Gasteiger charge is 2.29. The van der Waals surface area contributed by atoms with E-state index < -0.39 is 0 Å². The summed E-state index contributed by atoms with van der Waals surface area (Å²) >= 11 is 0. The van der Waals surface area contributed by atoms with Crippen molar-refractivity contribution >= 4 is 17.0 Å². The summed E-state index contributed by atoms with van der Waals surface area (Å²) in [4.78, 5) is 0. The smallest absolute Gasteiger partial charge is 0.0139 e. The predicted octanol–water partition coefficient (Wildman–Crippen LogP) is 2.73. The zero-order valence-electron chi connectivity index (χ0n) is 8.91. The Morgan fingerprint density at radius 2 is 1.80 bits per heavy atom. The molecule has 1 nitrogen and oxygen atoms in total. The molecule has 82 valence electrons. The normalized spacial score (nSPS) is 28.5. The molecular formula is C13H18BrN. The summed E-state index contributed by atoms with van der Waals surface area (Å²) in [6, 6.07) is 9.71. The molecule has 2 atom stereocenters. The van der Waals surface area contributed by atoms with E-state index in [1.165, 1.54) is 32.2 Å². The molecule has 2 unspecified atom stereocenters. The maximum atomic E-state index is 3.66. The lowest BCUT2D eigenvalue weighted by Crippen LogP contribution is -2.45. The highest BCUT2D eigenvalue weighted by Crippen LogP contribution is 2.30. The average molecular weight is 268 g/mol. The van der Waals surface area contributed by atoms with Gasteiger partial charge in [0, 0.05) is 6.04 Å². The fraction of sp³-hybridized carbons (Fsp3) is 0.538. The Labute approximate surface area is 102 Å². The van der Waals surface area contributed by atoms with Gasteiger partial charge in [-0.1, -0.05) is 24.3 Å². The summed E-state index contributed by atoms with van der Waals surface area (Å²) < 4.78 is 0. The van der Waals surface area contributed by atoms with Gasteiger partial charge < -0.3 is 5.32 Å². The molecule has 0 amide bonds. The molecule has 0 radical (unpaired) electrons. The lowest BCUT2D eigenvalue weighted by Gasteiger charge is -2.37. The third-order valence-corrected chi connectivity index (χ3v) is 3.77. The van der Waals surface area contributed by atoms with Gasteiger partial charge in [0.15, 0.2) is 0 Å². The number of nitrogens with one attached hydrogen (secondary N) is 1. The van der Waals surface area contributed by atoms with E-state index in [2.05, 4.69) is 29.6 Å². The molecule has 0 saturated carbocycles. The van der Waals surface area contributed by atoms with Gasteiger partial charge in [-0.2, -0.15) is 0 Å². The first-order valence-corrected chi connectivity index (χ1v) is 5.73. The summed E-state index contributed by atoms with van der Waals surface area (Å²) in [6.45, 7) is 1.23. The van der Waals surface area contributed by atoms with Gasteiger partial charge >= 0.3 is 0 Å². The molecule has 0 spiro atoms. The monoisotopic (exact) mass is 267 g/mol. The van der Waals surface area contributed by atoms with Crippen LogP contribution in [0.1, 0.15) is 24.0 Å². The summed E-state index contributed by atoms with van der Waals surface area (Å²) in [5, 5.41) is 3.66. The van der Waals surface area contributed by atoms with Crippen LogP contribution in [0, 0.1) is 5.92 Å². The minimum absolute atomic E-state index is 0. The Kier molecular flexibility index (Phi) is 3.47. The Hall–Kier alpha value is -0.340. The fourth-order valence-corrected chi connectivity index (χ4v) is 2.98. The van der Waals surface area contributed by atoms with E-state index in [1.807, 2.05) is 0 Å².